The van der Waals surface area contributed by atoms with Gasteiger partial charge >= 0.3 is 0 Å². The van der Waals surface area contributed by atoms with Crippen LogP contribution in [0.1, 0.15) is 162 Å². The fourth-order valence-electron chi connectivity index (χ4n) is 10.5. The van der Waals surface area contributed by atoms with Crippen LogP contribution in [0, 0.1) is 46.3 Å². The highest BCUT2D eigenvalue weighted by molar-refractivity contribution is 6.50. The minimum Gasteiger partial charge on any atom is -0.100 e. The van der Waals surface area contributed by atoms with Gasteiger partial charge in [0.1, 0.15) is 4.33 Å². The van der Waals surface area contributed by atoms with E-state index in [4.69, 9.17) is 23.2 Å². The molecular formula is C34H58Cl2. The normalized spacial score (nSPS) is 45.0. The maximum absolute atomic E-state index is 7.44. The second-order valence-corrected chi connectivity index (χ2v) is 16.2. The summed E-state index contributed by atoms with van der Waals surface area (Å²) in [6, 6.07) is 0. The van der Waals surface area contributed by atoms with Gasteiger partial charge in [-0.05, 0) is 119 Å². The Morgan fingerprint density at radius 3 is 1.14 bits per heavy atom. The highest BCUT2D eigenvalue weighted by atomic mass is 35.5. The van der Waals surface area contributed by atoms with Gasteiger partial charge in [-0.15, -0.1) is 23.2 Å². The second-order valence-electron chi connectivity index (χ2n) is 14.8. The fourth-order valence-corrected chi connectivity index (χ4v) is 11.5. The number of unbranched alkanes of at least 4 members (excludes halogenated alkanes) is 2. The van der Waals surface area contributed by atoms with Gasteiger partial charge in [0.25, 0.3) is 0 Å². The van der Waals surface area contributed by atoms with Crippen LogP contribution in [0.15, 0.2) is 0 Å². The van der Waals surface area contributed by atoms with Crippen molar-refractivity contribution < 1.29 is 0 Å². The Bertz CT molecular complexity index is 609. The predicted octanol–water partition coefficient (Wildman–Crippen LogP) is 11.9. The largest absolute Gasteiger partial charge is 0.129 e. The molecule has 0 atom stereocenters. The zero-order chi connectivity index (χ0) is 25.2. The van der Waals surface area contributed by atoms with E-state index in [0.717, 1.165) is 35.5 Å². The SMILES string of the molecule is CCCC[C@H]1CC[C@H](C2CCC3(CC2)CC2(CCC([C@H]4CC[C@H](CCCC)CC4)CC2)C3(Cl)Cl)CC1. The predicted molar refractivity (Wildman–Crippen MR) is 158 cm³/mol. The van der Waals surface area contributed by atoms with Crippen LogP contribution in [-0.2, 0) is 0 Å². The summed E-state index contributed by atoms with van der Waals surface area (Å²) in [7, 11) is 0. The number of rotatable bonds is 8. The molecule has 0 nitrogen and oxygen atoms in total. The summed E-state index contributed by atoms with van der Waals surface area (Å²) in [5.41, 5.74) is 0.490. The number of hydrogen-bond donors (Lipinski definition) is 0. The third-order valence-corrected chi connectivity index (χ3v) is 14.6. The summed E-state index contributed by atoms with van der Waals surface area (Å²) in [6.07, 6.45) is 32.9. The first kappa shape index (κ1) is 28.1. The van der Waals surface area contributed by atoms with Crippen LogP contribution in [0.4, 0.5) is 0 Å². The molecule has 208 valence electrons. The van der Waals surface area contributed by atoms with Gasteiger partial charge in [-0.2, -0.15) is 0 Å². The van der Waals surface area contributed by atoms with Crippen molar-refractivity contribution in [1.82, 2.24) is 0 Å². The van der Waals surface area contributed by atoms with E-state index in [2.05, 4.69) is 13.8 Å². The lowest BCUT2D eigenvalue weighted by Crippen LogP contribution is -2.66. The summed E-state index contributed by atoms with van der Waals surface area (Å²) >= 11 is 14.9. The molecule has 5 rings (SSSR count). The summed E-state index contributed by atoms with van der Waals surface area (Å²) < 4.78 is -0.453. The molecule has 0 N–H and O–H groups in total. The fraction of sp³-hybridized carbons (Fsp3) is 1.00. The monoisotopic (exact) mass is 536 g/mol. The molecule has 0 heterocycles. The molecule has 0 saturated heterocycles. The van der Waals surface area contributed by atoms with E-state index < -0.39 is 4.33 Å². The molecule has 36 heavy (non-hydrogen) atoms. The molecule has 0 aliphatic heterocycles. The van der Waals surface area contributed by atoms with Crippen LogP contribution < -0.4 is 0 Å². The van der Waals surface area contributed by atoms with E-state index in [1.807, 2.05) is 0 Å². The lowest BCUT2D eigenvalue weighted by atomic mass is 9.42. The quantitative estimate of drug-likeness (QED) is 0.270. The van der Waals surface area contributed by atoms with Crippen molar-refractivity contribution in [2.45, 2.75) is 166 Å². The summed E-state index contributed by atoms with van der Waals surface area (Å²) in [4.78, 5) is 0. The minimum absolute atomic E-state index is 0.245. The van der Waals surface area contributed by atoms with Crippen LogP contribution >= 0.6 is 23.2 Å². The Hall–Kier alpha value is 0.580. The molecule has 0 unspecified atom stereocenters. The Morgan fingerprint density at radius 1 is 0.500 bits per heavy atom. The van der Waals surface area contributed by atoms with Crippen molar-refractivity contribution in [2.24, 2.45) is 46.3 Å². The van der Waals surface area contributed by atoms with Crippen molar-refractivity contribution in [3.63, 3.8) is 0 Å². The molecule has 5 fully saturated rings. The van der Waals surface area contributed by atoms with E-state index in [-0.39, 0.29) is 10.8 Å². The lowest BCUT2D eigenvalue weighted by molar-refractivity contribution is -0.122. The molecule has 0 aromatic carbocycles. The summed E-state index contributed by atoms with van der Waals surface area (Å²) in [5.74, 6) is 6.00. The molecule has 0 radical (unpaired) electrons. The Labute approximate surface area is 234 Å². The van der Waals surface area contributed by atoms with E-state index in [1.165, 1.54) is 148 Å². The standard InChI is InChI=1S/C34H58Cl2/c1-3-5-7-26-9-13-28(14-10-26)30-17-21-32(22-18-30)25-33(34(32,35)36)23-19-31(20-24-33)29-15-11-27(12-16-29)8-6-4-2/h26-31H,3-25H2,1-2H3/t26-,27-,28-,29-,30?,31?,32?,33?. The zero-order valence-corrected chi connectivity index (χ0v) is 25.5. The Kier molecular flexibility index (Phi) is 9.36. The average molecular weight is 538 g/mol. The number of halogens is 2. The average Bonchev–Trinajstić information content (AvgIpc) is 2.92. The first-order valence-corrected chi connectivity index (χ1v) is 17.6. The molecule has 5 aliphatic rings. The van der Waals surface area contributed by atoms with Gasteiger partial charge in [0.2, 0.25) is 0 Å². The molecule has 5 saturated carbocycles. The van der Waals surface area contributed by atoms with E-state index in [1.54, 1.807) is 0 Å². The van der Waals surface area contributed by atoms with Gasteiger partial charge in [0.05, 0.1) is 0 Å². The van der Waals surface area contributed by atoms with E-state index in [9.17, 15) is 0 Å². The van der Waals surface area contributed by atoms with Crippen molar-refractivity contribution in [1.29, 1.82) is 0 Å². The molecule has 2 heteroatoms. The second kappa shape index (κ2) is 12.0. The van der Waals surface area contributed by atoms with Gasteiger partial charge < -0.3 is 0 Å². The molecular weight excluding hydrogens is 479 g/mol. The Balaban J connectivity index is 1.07. The van der Waals surface area contributed by atoms with Crippen LogP contribution in [0.2, 0.25) is 0 Å². The number of hydrogen-bond acceptors (Lipinski definition) is 0. The summed E-state index contributed by atoms with van der Waals surface area (Å²) in [6.45, 7) is 4.68. The maximum atomic E-state index is 7.44. The van der Waals surface area contributed by atoms with Crippen molar-refractivity contribution >= 4 is 23.2 Å². The van der Waals surface area contributed by atoms with E-state index >= 15 is 0 Å². The third kappa shape index (κ3) is 5.45. The zero-order valence-electron chi connectivity index (χ0n) is 24.0. The molecule has 0 amide bonds. The molecule has 0 bridgehead atoms. The molecule has 2 spiro atoms. The van der Waals surface area contributed by atoms with Gasteiger partial charge in [-0.25, -0.2) is 0 Å². The number of alkyl halides is 2. The molecule has 5 aliphatic carbocycles. The van der Waals surface area contributed by atoms with Crippen molar-refractivity contribution in [3.8, 4) is 0 Å². The van der Waals surface area contributed by atoms with Crippen molar-refractivity contribution in [3.05, 3.63) is 0 Å². The first-order valence-electron chi connectivity index (χ1n) is 16.8. The highest BCUT2D eigenvalue weighted by Gasteiger charge is 2.72. The van der Waals surface area contributed by atoms with Gasteiger partial charge in [0, 0.05) is 10.8 Å². The van der Waals surface area contributed by atoms with Gasteiger partial charge in [-0.1, -0.05) is 78.1 Å². The van der Waals surface area contributed by atoms with Crippen LogP contribution in [0.3, 0.4) is 0 Å². The highest BCUT2D eigenvalue weighted by Crippen LogP contribution is 2.77. The summed E-state index contributed by atoms with van der Waals surface area (Å²) in [5, 5.41) is 0. The van der Waals surface area contributed by atoms with Crippen LogP contribution in [0.5, 0.6) is 0 Å². The molecule has 0 aromatic rings. The minimum atomic E-state index is -0.453. The van der Waals surface area contributed by atoms with E-state index in [0.29, 0.717) is 0 Å². The smallest absolute Gasteiger partial charge is 0.100 e. The first-order chi connectivity index (χ1) is 17.4. The van der Waals surface area contributed by atoms with Crippen LogP contribution in [-0.4, -0.2) is 4.33 Å². The van der Waals surface area contributed by atoms with Gasteiger partial charge in [-0.3, -0.25) is 0 Å². The van der Waals surface area contributed by atoms with Crippen molar-refractivity contribution in [2.75, 3.05) is 0 Å². The van der Waals surface area contributed by atoms with Gasteiger partial charge in [0.15, 0.2) is 0 Å². The topological polar surface area (TPSA) is 0 Å². The third-order valence-electron chi connectivity index (χ3n) is 13.0. The Morgan fingerprint density at radius 2 is 0.833 bits per heavy atom. The lowest BCUT2D eigenvalue weighted by Gasteiger charge is -2.69. The molecule has 0 aromatic heterocycles. The van der Waals surface area contributed by atoms with Crippen LogP contribution in [0.25, 0.3) is 0 Å². The maximum Gasteiger partial charge on any atom is 0.129 e.